The van der Waals surface area contributed by atoms with Gasteiger partial charge in [0, 0.05) is 36.5 Å². The zero-order chi connectivity index (χ0) is 20.2. The molecule has 3 aromatic rings. The minimum atomic E-state index is 0.00128. The number of pyridine rings is 1. The molecule has 0 spiro atoms. The Morgan fingerprint density at radius 1 is 1.14 bits per heavy atom. The molecule has 0 aliphatic carbocycles. The predicted molar refractivity (Wildman–Crippen MR) is 110 cm³/mol. The van der Waals surface area contributed by atoms with Crippen molar-refractivity contribution in [2.75, 3.05) is 6.54 Å². The highest BCUT2D eigenvalue weighted by atomic mass is 16.2. The first-order valence-electron chi connectivity index (χ1n) is 9.81. The van der Waals surface area contributed by atoms with Crippen LogP contribution >= 0.6 is 0 Å². The summed E-state index contributed by atoms with van der Waals surface area (Å²) in [6.07, 6.45) is 8.64. The maximum Gasteiger partial charge on any atom is 0.256 e. The van der Waals surface area contributed by atoms with E-state index in [0.717, 1.165) is 24.0 Å². The van der Waals surface area contributed by atoms with Gasteiger partial charge in [0.15, 0.2) is 0 Å². The van der Waals surface area contributed by atoms with Crippen LogP contribution in [0.2, 0.25) is 0 Å². The molecule has 0 saturated carbocycles. The third kappa shape index (κ3) is 4.19. The van der Waals surface area contributed by atoms with Crippen LogP contribution in [0.25, 0.3) is 5.69 Å². The first-order chi connectivity index (χ1) is 14.1. The van der Waals surface area contributed by atoms with Gasteiger partial charge in [0.1, 0.15) is 0 Å². The van der Waals surface area contributed by atoms with E-state index >= 15 is 0 Å². The molecule has 6 nitrogen and oxygen atoms in total. The lowest BCUT2D eigenvalue weighted by Gasteiger charge is -2.36. The van der Waals surface area contributed by atoms with Crippen LogP contribution in [0.15, 0.2) is 55.1 Å². The number of rotatable bonds is 2. The van der Waals surface area contributed by atoms with E-state index in [1.165, 1.54) is 4.80 Å². The molecule has 1 aromatic carbocycles. The van der Waals surface area contributed by atoms with Gasteiger partial charge in [-0.15, -0.1) is 0 Å². The Balaban J connectivity index is 1.60. The summed E-state index contributed by atoms with van der Waals surface area (Å²) in [5.74, 6) is 6.68. The molecule has 0 bridgehead atoms. The average Bonchev–Trinajstić information content (AvgIpc) is 3.28. The molecule has 1 saturated heterocycles. The lowest BCUT2D eigenvalue weighted by molar-refractivity contribution is 0.0598. The van der Waals surface area contributed by atoms with Crippen molar-refractivity contribution in [2.24, 2.45) is 5.92 Å². The van der Waals surface area contributed by atoms with E-state index in [1.807, 2.05) is 42.2 Å². The number of piperidine rings is 1. The molecule has 1 aliphatic heterocycles. The highest BCUT2D eigenvalue weighted by molar-refractivity contribution is 5.98. The molecule has 4 rings (SSSR count). The van der Waals surface area contributed by atoms with Crippen LogP contribution < -0.4 is 0 Å². The number of benzene rings is 1. The van der Waals surface area contributed by atoms with Gasteiger partial charge in [-0.05, 0) is 51.0 Å². The maximum atomic E-state index is 13.5. The van der Waals surface area contributed by atoms with Crippen molar-refractivity contribution >= 4 is 5.91 Å². The van der Waals surface area contributed by atoms with Gasteiger partial charge in [-0.25, -0.2) is 0 Å². The zero-order valence-electron chi connectivity index (χ0n) is 16.6. The first-order valence-corrected chi connectivity index (χ1v) is 9.81. The molecule has 0 N–H and O–H groups in total. The van der Waals surface area contributed by atoms with Crippen molar-refractivity contribution in [3.63, 3.8) is 0 Å². The van der Waals surface area contributed by atoms with Crippen molar-refractivity contribution < 1.29 is 4.79 Å². The predicted octanol–water partition coefficient (Wildman–Crippen LogP) is 3.26. The van der Waals surface area contributed by atoms with Crippen molar-refractivity contribution in [1.29, 1.82) is 0 Å². The standard InChI is InChI=1S/C23H23N5O/c1-17-5-10-22(28-25-12-13-26-28)21(14-17)23(29)27-16-20(7-6-18(27)2)9-8-19-4-3-11-24-15-19/h3-5,10-15,18,20H,6-7,16H2,1-2H3/t18-,20+/m1/s1. The fourth-order valence-corrected chi connectivity index (χ4v) is 3.62. The van der Waals surface area contributed by atoms with Crippen LogP contribution in [-0.4, -0.2) is 43.4 Å². The zero-order valence-corrected chi connectivity index (χ0v) is 16.6. The normalized spacial score (nSPS) is 18.8. The van der Waals surface area contributed by atoms with E-state index in [1.54, 1.807) is 24.8 Å². The molecule has 6 heteroatoms. The maximum absolute atomic E-state index is 13.5. The summed E-state index contributed by atoms with van der Waals surface area (Å²) >= 11 is 0. The van der Waals surface area contributed by atoms with Gasteiger partial charge in [-0.2, -0.15) is 15.0 Å². The summed E-state index contributed by atoms with van der Waals surface area (Å²) in [5.41, 5.74) is 3.24. The molecule has 2 atom stereocenters. The second-order valence-electron chi connectivity index (χ2n) is 7.43. The van der Waals surface area contributed by atoms with Gasteiger partial charge in [0.2, 0.25) is 0 Å². The SMILES string of the molecule is Cc1ccc(-n2nccn2)c(C(=O)N2C[C@H](C#Cc3cccnc3)CC[C@H]2C)c1. The lowest BCUT2D eigenvalue weighted by Crippen LogP contribution is -2.45. The second-order valence-corrected chi connectivity index (χ2v) is 7.43. The molecule has 0 unspecified atom stereocenters. The van der Waals surface area contributed by atoms with Crippen molar-refractivity contribution in [1.82, 2.24) is 24.9 Å². The number of carbonyl (C=O) groups is 1. The second kappa shape index (κ2) is 8.27. The fraction of sp³-hybridized carbons (Fsp3) is 0.304. The topological polar surface area (TPSA) is 63.9 Å². The molecule has 1 fully saturated rings. The van der Waals surface area contributed by atoms with E-state index < -0.39 is 0 Å². The summed E-state index contributed by atoms with van der Waals surface area (Å²) in [4.78, 5) is 21.0. The van der Waals surface area contributed by atoms with E-state index in [2.05, 4.69) is 33.9 Å². The number of aryl methyl sites for hydroxylation is 1. The minimum Gasteiger partial charge on any atom is -0.335 e. The van der Waals surface area contributed by atoms with Gasteiger partial charge < -0.3 is 4.90 Å². The number of aromatic nitrogens is 4. The number of amides is 1. The van der Waals surface area contributed by atoms with E-state index in [9.17, 15) is 4.79 Å². The molecule has 0 radical (unpaired) electrons. The lowest BCUT2D eigenvalue weighted by atomic mass is 9.92. The number of likely N-dealkylation sites (tertiary alicyclic amines) is 1. The summed E-state index contributed by atoms with van der Waals surface area (Å²) in [6.45, 7) is 4.70. The molecule has 1 amide bonds. The monoisotopic (exact) mass is 385 g/mol. The van der Waals surface area contributed by atoms with Gasteiger partial charge >= 0.3 is 0 Å². The van der Waals surface area contributed by atoms with Gasteiger partial charge in [-0.3, -0.25) is 9.78 Å². The largest absolute Gasteiger partial charge is 0.335 e. The van der Waals surface area contributed by atoms with Crippen LogP contribution in [0.1, 0.15) is 41.3 Å². The van der Waals surface area contributed by atoms with E-state index in [0.29, 0.717) is 17.8 Å². The Hall–Kier alpha value is -3.46. The van der Waals surface area contributed by atoms with Crippen molar-refractivity contribution in [3.8, 4) is 17.5 Å². The third-order valence-corrected chi connectivity index (χ3v) is 5.24. The quantitative estimate of drug-likeness (QED) is 0.635. The van der Waals surface area contributed by atoms with Crippen LogP contribution in [0.3, 0.4) is 0 Å². The smallest absolute Gasteiger partial charge is 0.256 e. The van der Waals surface area contributed by atoms with E-state index in [4.69, 9.17) is 0 Å². The Labute approximate surface area is 170 Å². The first kappa shape index (κ1) is 18.9. The highest BCUT2D eigenvalue weighted by Gasteiger charge is 2.30. The summed E-state index contributed by atoms with van der Waals surface area (Å²) < 4.78 is 0. The third-order valence-electron chi connectivity index (χ3n) is 5.24. The van der Waals surface area contributed by atoms with Gasteiger partial charge in [0.25, 0.3) is 5.91 Å². The molecule has 29 heavy (non-hydrogen) atoms. The van der Waals surface area contributed by atoms with Crippen LogP contribution in [-0.2, 0) is 0 Å². The Morgan fingerprint density at radius 2 is 1.97 bits per heavy atom. The van der Waals surface area contributed by atoms with Crippen LogP contribution in [0, 0.1) is 24.7 Å². The summed E-state index contributed by atoms with van der Waals surface area (Å²) in [7, 11) is 0. The van der Waals surface area contributed by atoms with E-state index in [-0.39, 0.29) is 17.9 Å². The highest BCUT2D eigenvalue weighted by Crippen LogP contribution is 2.26. The van der Waals surface area contributed by atoms with Gasteiger partial charge in [0.05, 0.1) is 23.6 Å². The molecule has 146 valence electrons. The number of hydrogen-bond acceptors (Lipinski definition) is 4. The fourth-order valence-electron chi connectivity index (χ4n) is 3.62. The summed E-state index contributed by atoms with van der Waals surface area (Å²) in [5, 5.41) is 8.42. The molecule has 1 aliphatic rings. The summed E-state index contributed by atoms with van der Waals surface area (Å²) in [6, 6.07) is 9.78. The Kier molecular flexibility index (Phi) is 5.39. The van der Waals surface area contributed by atoms with Gasteiger partial charge in [-0.1, -0.05) is 23.5 Å². The number of nitrogens with zero attached hydrogens (tertiary/aromatic N) is 5. The molecular weight excluding hydrogens is 362 g/mol. The molecular formula is C23H23N5O. The van der Waals surface area contributed by atoms with Crippen LogP contribution in [0.4, 0.5) is 0 Å². The Morgan fingerprint density at radius 3 is 2.72 bits per heavy atom. The number of hydrogen-bond donors (Lipinski definition) is 0. The van der Waals surface area contributed by atoms with Crippen molar-refractivity contribution in [3.05, 3.63) is 71.8 Å². The van der Waals surface area contributed by atoms with Crippen molar-refractivity contribution in [2.45, 2.75) is 32.7 Å². The molecule has 2 aromatic heterocycles. The minimum absolute atomic E-state index is 0.00128. The Bertz CT molecular complexity index is 1050. The van der Waals surface area contributed by atoms with Crippen LogP contribution in [0.5, 0.6) is 0 Å². The molecule has 3 heterocycles. The average molecular weight is 385 g/mol. The number of carbonyl (C=O) groups excluding carboxylic acids is 1.